The number of benzene rings is 2. The summed E-state index contributed by atoms with van der Waals surface area (Å²) in [5.41, 5.74) is 3.13. The fraction of sp³-hybridized carbons (Fsp3) is 0.480. The van der Waals surface area contributed by atoms with Crippen LogP contribution in [0, 0.1) is 5.92 Å². The minimum Gasteiger partial charge on any atom is -0.508 e. The summed E-state index contributed by atoms with van der Waals surface area (Å²) < 4.78 is 11.2. The van der Waals surface area contributed by atoms with Crippen LogP contribution in [0.4, 0.5) is 0 Å². The fourth-order valence-corrected chi connectivity index (χ4v) is 4.58. The van der Waals surface area contributed by atoms with E-state index in [-0.39, 0.29) is 35.2 Å². The lowest BCUT2D eigenvalue weighted by molar-refractivity contribution is -0.148. The van der Waals surface area contributed by atoms with Gasteiger partial charge in [0, 0.05) is 31.5 Å². The molecule has 1 aliphatic rings. The molecule has 0 saturated heterocycles. The van der Waals surface area contributed by atoms with Crippen LogP contribution >= 0.6 is 0 Å². The molecule has 5 heteroatoms. The Labute approximate surface area is 179 Å². The molecule has 0 heterocycles. The molecule has 0 bridgehead atoms. The quantitative estimate of drug-likeness (QED) is 0.650. The first-order chi connectivity index (χ1) is 14.4. The van der Waals surface area contributed by atoms with Crippen molar-refractivity contribution in [2.45, 2.75) is 51.2 Å². The van der Waals surface area contributed by atoms with Gasteiger partial charge in [-0.3, -0.25) is 4.79 Å². The van der Waals surface area contributed by atoms with Crippen molar-refractivity contribution in [1.82, 2.24) is 5.32 Å². The number of nitrogens with one attached hydrogen (secondary N) is 1. The van der Waals surface area contributed by atoms with E-state index >= 15 is 0 Å². The van der Waals surface area contributed by atoms with E-state index < -0.39 is 0 Å². The summed E-state index contributed by atoms with van der Waals surface area (Å²) in [5, 5.41) is 13.7. The molecule has 2 N–H and O–H groups in total. The Balaban J connectivity index is 1.81. The van der Waals surface area contributed by atoms with E-state index in [4.69, 9.17) is 9.47 Å². The molecule has 1 aliphatic carbocycles. The number of phenolic OH excluding ortho intramolecular Hbond substituents is 1. The van der Waals surface area contributed by atoms with Crippen LogP contribution in [0.25, 0.3) is 0 Å². The van der Waals surface area contributed by atoms with Crippen LogP contribution in [0.5, 0.6) is 5.75 Å². The van der Waals surface area contributed by atoms with Crippen molar-refractivity contribution in [3.63, 3.8) is 0 Å². The molecule has 0 radical (unpaired) electrons. The Kier molecular flexibility index (Phi) is 7.16. The summed E-state index contributed by atoms with van der Waals surface area (Å²) in [6.45, 7) is 7.01. The third-order valence-electron chi connectivity index (χ3n) is 6.19. The normalized spacial score (nSPS) is 20.9. The molecule has 3 rings (SSSR count). The number of ether oxygens (including phenoxy) is 2. The Bertz CT molecular complexity index is 849. The van der Waals surface area contributed by atoms with E-state index in [1.165, 1.54) is 5.56 Å². The third kappa shape index (κ3) is 4.85. The Hall–Kier alpha value is -2.37. The Morgan fingerprint density at radius 2 is 1.97 bits per heavy atom. The number of rotatable bonds is 8. The van der Waals surface area contributed by atoms with Crippen LogP contribution in [-0.4, -0.2) is 43.5 Å². The highest BCUT2D eigenvalue weighted by molar-refractivity contribution is 5.73. The molecule has 0 spiro atoms. The molecule has 0 aromatic heterocycles. The number of hydrogen-bond donors (Lipinski definition) is 2. The zero-order chi connectivity index (χ0) is 21.7. The van der Waals surface area contributed by atoms with Crippen LogP contribution in [0.2, 0.25) is 0 Å². The zero-order valence-corrected chi connectivity index (χ0v) is 18.4. The van der Waals surface area contributed by atoms with Gasteiger partial charge in [-0.15, -0.1) is 0 Å². The van der Waals surface area contributed by atoms with Gasteiger partial charge in [0.2, 0.25) is 0 Å². The van der Waals surface area contributed by atoms with E-state index in [1.54, 1.807) is 13.2 Å². The largest absolute Gasteiger partial charge is 0.508 e. The number of carbonyl (C=O) groups excluding carboxylic acids is 1. The second-order valence-electron chi connectivity index (χ2n) is 8.57. The molecular formula is C25H33NO4. The lowest BCUT2D eigenvalue weighted by atomic mass is 9.67. The van der Waals surface area contributed by atoms with Crippen molar-refractivity contribution in [2.24, 2.45) is 5.92 Å². The molecule has 3 atom stereocenters. The molecule has 2 aromatic carbocycles. The van der Waals surface area contributed by atoms with Crippen molar-refractivity contribution in [2.75, 3.05) is 20.3 Å². The van der Waals surface area contributed by atoms with Gasteiger partial charge in [0.1, 0.15) is 5.75 Å². The van der Waals surface area contributed by atoms with Gasteiger partial charge in [0.15, 0.2) is 0 Å². The van der Waals surface area contributed by atoms with Crippen LogP contribution < -0.4 is 5.32 Å². The predicted octanol–water partition coefficient (Wildman–Crippen LogP) is 3.62. The van der Waals surface area contributed by atoms with Crippen LogP contribution in [0.3, 0.4) is 0 Å². The fourth-order valence-electron chi connectivity index (χ4n) is 4.58. The van der Waals surface area contributed by atoms with Crippen LogP contribution in [0.15, 0.2) is 48.5 Å². The molecule has 2 aromatic rings. The monoisotopic (exact) mass is 411 g/mol. The third-order valence-corrected chi connectivity index (χ3v) is 6.19. The van der Waals surface area contributed by atoms with Crippen molar-refractivity contribution in [3.8, 4) is 5.75 Å². The molecular weight excluding hydrogens is 378 g/mol. The number of hydrogen-bond acceptors (Lipinski definition) is 5. The molecule has 0 fully saturated rings. The van der Waals surface area contributed by atoms with E-state index in [2.05, 4.69) is 19.2 Å². The van der Waals surface area contributed by atoms with E-state index in [0.29, 0.717) is 19.6 Å². The SMILES string of the molecule is CCOC(=O)C(CN[C@@H]1[C@@H](OC)Cc2ccc(O)cc2C1(C)C)Cc1ccccc1. The lowest BCUT2D eigenvalue weighted by Gasteiger charge is -2.45. The molecule has 1 unspecified atom stereocenters. The number of phenols is 1. The maximum absolute atomic E-state index is 12.6. The van der Waals surface area contributed by atoms with Gasteiger partial charge in [-0.25, -0.2) is 0 Å². The van der Waals surface area contributed by atoms with Gasteiger partial charge in [0.25, 0.3) is 0 Å². The van der Waals surface area contributed by atoms with E-state index in [0.717, 1.165) is 17.5 Å². The van der Waals surface area contributed by atoms with Crippen molar-refractivity contribution >= 4 is 5.97 Å². The number of methoxy groups -OCH3 is 1. The summed E-state index contributed by atoms with van der Waals surface area (Å²) in [6.07, 6.45) is 1.35. The van der Waals surface area contributed by atoms with E-state index in [9.17, 15) is 9.90 Å². The second-order valence-corrected chi connectivity index (χ2v) is 8.57. The average molecular weight is 412 g/mol. The summed E-state index contributed by atoms with van der Waals surface area (Å²) in [5.74, 6) is -0.203. The standard InChI is InChI=1S/C25H33NO4/c1-5-30-24(28)19(13-17-9-7-6-8-10-17)16-26-23-22(29-4)14-18-11-12-20(27)15-21(18)25(23,2)3/h6-12,15,19,22-23,26-27H,5,13-14,16H2,1-4H3/t19?,22-,23+/m0/s1. The highest BCUT2D eigenvalue weighted by Gasteiger charge is 2.43. The van der Waals surface area contributed by atoms with Gasteiger partial charge >= 0.3 is 5.97 Å². The lowest BCUT2D eigenvalue weighted by Crippen LogP contribution is -2.58. The van der Waals surface area contributed by atoms with Crippen molar-refractivity contribution in [1.29, 1.82) is 0 Å². The van der Waals surface area contributed by atoms with Crippen molar-refractivity contribution in [3.05, 3.63) is 65.2 Å². The summed E-state index contributed by atoms with van der Waals surface area (Å²) in [7, 11) is 1.73. The molecule has 162 valence electrons. The topological polar surface area (TPSA) is 67.8 Å². The minimum atomic E-state index is -0.286. The Morgan fingerprint density at radius 1 is 1.23 bits per heavy atom. The number of carbonyl (C=O) groups is 1. The van der Waals surface area contributed by atoms with Gasteiger partial charge in [-0.2, -0.15) is 0 Å². The highest BCUT2D eigenvalue weighted by Crippen LogP contribution is 2.39. The van der Waals surface area contributed by atoms with Gasteiger partial charge in [-0.1, -0.05) is 50.2 Å². The molecule has 30 heavy (non-hydrogen) atoms. The second kappa shape index (κ2) is 9.63. The smallest absolute Gasteiger partial charge is 0.310 e. The number of fused-ring (bicyclic) bond motifs is 1. The average Bonchev–Trinajstić information content (AvgIpc) is 2.73. The van der Waals surface area contributed by atoms with Crippen LogP contribution in [-0.2, 0) is 32.5 Å². The summed E-state index contributed by atoms with van der Waals surface area (Å²) >= 11 is 0. The van der Waals surface area contributed by atoms with Crippen LogP contribution in [0.1, 0.15) is 37.5 Å². The minimum absolute atomic E-state index is 0.00972. The molecule has 0 amide bonds. The molecule has 0 aliphatic heterocycles. The number of esters is 1. The maximum atomic E-state index is 12.6. The van der Waals surface area contributed by atoms with Gasteiger partial charge in [0.05, 0.1) is 18.6 Å². The summed E-state index contributed by atoms with van der Waals surface area (Å²) in [4.78, 5) is 12.6. The first-order valence-corrected chi connectivity index (χ1v) is 10.7. The summed E-state index contributed by atoms with van der Waals surface area (Å²) in [6, 6.07) is 15.6. The molecule has 5 nitrogen and oxygen atoms in total. The van der Waals surface area contributed by atoms with E-state index in [1.807, 2.05) is 49.4 Å². The Morgan fingerprint density at radius 3 is 2.63 bits per heavy atom. The zero-order valence-electron chi connectivity index (χ0n) is 18.4. The maximum Gasteiger partial charge on any atom is 0.310 e. The van der Waals surface area contributed by atoms with Gasteiger partial charge in [-0.05, 0) is 42.2 Å². The molecule has 0 saturated carbocycles. The number of aromatic hydroxyl groups is 1. The first kappa shape index (κ1) is 22.3. The van der Waals surface area contributed by atoms with Crippen molar-refractivity contribution < 1.29 is 19.4 Å². The highest BCUT2D eigenvalue weighted by atomic mass is 16.5. The first-order valence-electron chi connectivity index (χ1n) is 10.7. The van der Waals surface area contributed by atoms with Gasteiger partial charge < -0.3 is 19.9 Å². The predicted molar refractivity (Wildman–Crippen MR) is 118 cm³/mol.